The van der Waals surface area contributed by atoms with Gasteiger partial charge in [-0.15, -0.1) is 11.3 Å². The van der Waals surface area contributed by atoms with Crippen molar-refractivity contribution >= 4 is 83.2 Å². The summed E-state index contributed by atoms with van der Waals surface area (Å²) in [5.41, 5.74) is 16.5. The second-order valence-corrected chi connectivity index (χ2v) is 19.0. The third kappa shape index (κ3) is 3.97. The first-order valence-corrected chi connectivity index (χ1v) is 20.9. The largest absolute Gasteiger partial charge is 0.455 e. The van der Waals surface area contributed by atoms with E-state index in [2.05, 4.69) is 166 Å². The van der Waals surface area contributed by atoms with Crippen molar-refractivity contribution in [1.82, 2.24) is 0 Å². The van der Waals surface area contributed by atoms with Crippen LogP contribution in [0.15, 0.2) is 126 Å². The summed E-state index contributed by atoms with van der Waals surface area (Å²) >= 11 is 2.00. The smallest absolute Gasteiger partial charge is 0.339 e. The Balaban J connectivity index is 1.28. The minimum Gasteiger partial charge on any atom is -0.455 e. The normalized spacial score (nSPS) is 20.9. The molecular formula is C50H43BN2OS. The molecule has 5 heterocycles. The fourth-order valence-corrected chi connectivity index (χ4v) is 12.6. The van der Waals surface area contributed by atoms with Crippen LogP contribution in [0, 0.1) is 0 Å². The van der Waals surface area contributed by atoms with Crippen LogP contribution in [-0.4, -0.2) is 12.4 Å². The summed E-state index contributed by atoms with van der Waals surface area (Å²) in [4.78, 5) is 5.59. The van der Waals surface area contributed by atoms with Gasteiger partial charge in [0.1, 0.15) is 11.2 Å². The average molecular weight is 731 g/mol. The van der Waals surface area contributed by atoms with Gasteiger partial charge in [0.15, 0.2) is 0 Å². The van der Waals surface area contributed by atoms with E-state index in [-0.39, 0.29) is 23.2 Å². The first kappa shape index (κ1) is 32.0. The van der Waals surface area contributed by atoms with E-state index in [9.17, 15) is 0 Å². The number of hydrogen-bond donors (Lipinski definition) is 0. The number of thiophene rings is 1. The Labute approximate surface area is 327 Å². The molecule has 2 unspecified atom stereocenters. The predicted molar refractivity (Wildman–Crippen MR) is 235 cm³/mol. The second-order valence-electron chi connectivity index (χ2n) is 17.9. The lowest BCUT2D eigenvalue weighted by Crippen LogP contribution is -2.70. The number of hydrogen-bond acceptors (Lipinski definition) is 4. The Bertz CT molecular complexity index is 2930. The van der Waals surface area contributed by atoms with Crippen LogP contribution < -0.4 is 20.0 Å². The number of rotatable bonds is 2. The first-order valence-electron chi connectivity index (χ1n) is 20.1. The highest BCUT2D eigenvalue weighted by Gasteiger charge is 2.63. The van der Waals surface area contributed by atoms with E-state index >= 15 is 0 Å². The third-order valence-electron chi connectivity index (χ3n) is 14.2. The molecule has 8 aromatic rings. The summed E-state index contributed by atoms with van der Waals surface area (Å²) in [5.74, 6) is 0. The van der Waals surface area contributed by atoms with Gasteiger partial charge in [-0.3, -0.25) is 0 Å². The van der Waals surface area contributed by atoms with Crippen molar-refractivity contribution in [3.8, 4) is 22.3 Å². The summed E-state index contributed by atoms with van der Waals surface area (Å²) in [5, 5.41) is 3.67. The van der Waals surface area contributed by atoms with E-state index in [1.807, 2.05) is 11.3 Å². The number of furan rings is 1. The fraction of sp³-hybridized carbons (Fsp3) is 0.240. The van der Waals surface area contributed by atoms with E-state index < -0.39 is 0 Å². The number of benzene rings is 6. The monoisotopic (exact) mass is 730 g/mol. The maximum absolute atomic E-state index is 7.04. The van der Waals surface area contributed by atoms with Crippen molar-refractivity contribution in [2.75, 3.05) is 9.71 Å². The molecule has 1 saturated carbocycles. The number of fused-ring (bicyclic) bond motifs is 13. The Morgan fingerprint density at radius 1 is 0.691 bits per heavy atom. The van der Waals surface area contributed by atoms with Crippen molar-refractivity contribution < 1.29 is 4.42 Å². The van der Waals surface area contributed by atoms with Crippen LogP contribution >= 0.6 is 11.3 Å². The molecule has 0 bridgehead atoms. The molecule has 1 fully saturated rings. The summed E-state index contributed by atoms with van der Waals surface area (Å²) in [6, 6.07) is 45.7. The molecule has 1 aliphatic carbocycles. The van der Waals surface area contributed by atoms with Crippen molar-refractivity contribution in [3.05, 3.63) is 132 Å². The molecule has 6 aromatic carbocycles. The lowest BCUT2D eigenvalue weighted by molar-refractivity contribution is 0.199. The molecule has 3 aliphatic heterocycles. The molecule has 0 saturated heterocycles. The van der Waals surface area contributed by atoms with Crippen molar-refractivity contribution in [3.63, 3.8) is 0 Å². The van der Waals surface area contributed by atoms with Gasteiger partial charge in [0.2, 0.25) is 0 Å². The van der Waals surface area contributed by atoms with Gasteiger partial charge >= 0.3 is 6.85 Å². The van der Waals surface area contributed by atoms with Gasteiger partial charge < -0.3 is 14.1 Å². The molecule has 12 rings (SSSR count). The third-order valence-corrected chi connectivity index (χ3v) is 15.4. The molecule has 0 amide bonds. The van der Waals surface area contributed by atoms with Crippen LogP contribution in [0.1, 0.15) is 71.4 Å². The zero-order valence-corrected chi connectivity index (χ0v) is 33.0. The minimum absolute atomic E-state index is 0.00232. The zero-order chi connectivity index (χ0) is 37.0. The van der Waals surface area contributed by atoms with Crippen LogP contribution in [0.25, 0.3) is 54.3 Å². The molecule has 0 N–H and O–H groups in total. The lowest BCUT2D eigenvalue weighted by Gasteiger charge is -2.54. The summed E-state index contributed by atoms with van der Waals surface area (Å²) in [7, 11) is 0. The number of para-hydroxylation sites is 2. The van der Waals surface area contributed by atoms with Crippen LogP contribution in [0.2, 0.25) is 0 Å². The minimum atomic E-state index is -0.0364. The van der Waals surface area contributed by atoms with Crippen LogP contribution in [0.3, 0.4) is 0 Å². The Kier molecular flexibility index (Phi) is 6.25. The molecule has 3 nitrogen and oxygen atoms in total. The molecule has 0 spiro atoms. The molecule has 268 valence electrons. The van der Waals surface area contributed by atoms with Gasteiger partial charge in [0.05, 0.1) is 11.4 Å². The highest BCUT2D eigenvalue weighted by molar-refractivity contribution is 7.32. The lowest BCUT2D eigenvalue weighted by atomic mass is 9.45. The van der Waals surface area contributed by atoms with Gasteiger partial charge in [-0.25, -0.2) is 0 Å². The quantitative estimate of drug-likeness (QED) is 0.165. The molecule has 55 heavy (non-hydrogen) atoms. The van der Waals surface area contributed by atoms with Gasteiger partial charge in [-0.2, -0.15) is 0 Å². The van der Waals surface area contributed by atoms with E-state index in [0.717, 1.165) is 11.2 Å². The van der Waals surface area contributed by atoms with Crippen molar-refractivity contribution in [2.24, 2.45) is 0 Å². The van der Waals surface area contributed by atoms with Crippen LogP contribution in [0.5, 0.6) is 0 Å². The molecule has 2 atom stereocenters. The summed E-state index contributed by atoms with van der Waals surface area (Å²) in [6.45, 7) is 12.2. The second kappa shape index (κ2) is 10.7. The molecule has 4 aliphatic rings. The average Bonchev–Trinajstić information content (AvgIpc) is 3.83. The SMILES string of the molecule is CC(C)(C)c1ccc(N2c3cc4c(oc5ccccc54)c4c3B(c3sc5ccccc5c32)N2c3c-4cccc3C3(C)CCCCC23C)c(-c2ccccc2)c1. The van der Waals surface area contributed by atoms with Crippen molar-refractivity contribution in [1.29, 1.82) is 0 Å². The zero-order valence-electron chi connectivity index (χ0n) is 32.2. The van der Waals surface area contributed by atoms with Gasteiger partial charge in [0, 0.05) is 64.7 Å². The number of nitrogens with zero attached hydrogens (tertiary/aromatic N) is 2. The Hall–Kier alpha value is -5.26. The molecule has 5 heteroatoms. The first-order chi connectivity index (χ1) is 26.7. The van der Waals surface area contributed by atoms with Gasteiger partial charge in [-0.1, -0.05) is 132 Å². The maximum Gasteiger partial charge on any atom is 0.339 e. The van der Waals surface area contributed by atoms with E-state index in [1.165, 1.54) is 113 Å². The van der Waals surface area contributed by atoms with Gasteiger partial charge in [-0.05, 0) is 77.7 Å². The van der Waals surface area contributed by atoms with Crippen LogP contribution in [-0.2, 0) is 10.8 Å². The predicted octanol–water partition coefficient (Wildman–Crippen LogP) is 12.7. The molecule has 0 radical (unpaired) electrons. The number of anilines is 4. The van der Waals surface area contributed by atoms with Gasteiger partial charge in [0.25, 0.3) is 0 Å². The highest BCUT2D eigenvalue weighted by Crippen LogP contribution is 2.64. The fourth-order valence-electron chi connectivity index (χ4n) is 11.3. The Morgan fingerprint density at radius 3 is 2.29 bits per heavy atom. The highest BCUT2D eigenvalue weighted by atomic mass is 32.1. The van der Waals surface area contributed by atoms with Crippen LogP contribution in [0.4, 0.5) is 22.7 Å². The summed E-state index contributed by atoms with van der Waals surface area (Å²) < 4.78 is 9.81. The maximum atomic E-state index is 7.04. The van der Waals surface area contributed by atoms with Crippen molar-refractivity contribution in [2.45, 2.75) is 76.7 Å². The molecular weight excluding hydrogens is 687 g/mol. The van der Waals surface area contributed by atoms with E-state index in [4.69, 9.17) is 4.42 Å². The molecule has 2 aromatic heterocycles. The van der Waals surface area contributed by atoms with E-state index in [0.29, 0.717) is 0 Å². The Morgan fingerprint density at radius 2 is 1.45 bits per heavy atom. The summed E-state index contributed by atoms with van der Waals surface area (Å²) in [6.07, 6.45) is 4.92. The topological polar surface area (TPSA) is 19.6 Å². The standard InChI is InChI=1S/C50H43BN2OS/c1-48(2,3)31-24-25-38(35(28-31)30-16-7-6-8-17-30)52-39-29-36-32-18-9-11-22-40(32)54-46(36)42-34-20-15-21-37-44(34)53(50(5)27-14-13-26-49(37,50)4)51(43(39)42)47-45(52)33-19-10-12-23-41(33)55-47/h6-12,15-25,28-29H,13-14,26-27H2,1-5H3. The van der Waals surface area contributed by atoms with E-state index in [1.54, 1.807) is 0 Å².